The third-order valence-corrected chi connectivity index (χ3v) is 3.85. The van der Waals surface area contributed by atoms with Gasteiger partial charge in [0.25, 0.3) is 5.91 Å². The molecule has 2 heterocycles. The van der Waals surface area contributed by atoms with Gasteiger partial charge in [0.05, 0.1) is 12.1 Å². The first-order chi connectivity index (χ1) is 11.5. The van der Waals surface area contributed by atoms with Crippen LogP contribution in [0.25, 0.3) is 0 Å². The van der Waals surface area contributed by atoms with Crippen LogP contribution in [-0.2, 0) is 6.54 Å². The molecule has 24 heavy (non-hydrogen) atoms. The molecule has 2 aromatic rings. The van der Waals surface area contributed by atoms with Gasteiger partial charge in [0.1, 0.15) is 0 Å². The lowest BCUT2D eigenvalue weighted by Gasteiger charge is -2.34. The van der Waals surface area contributed by atoms with Gasteiger partial charge in [-0.15, -0.1) is 10.2 Å². The summed E-state index contributed by atoms with van der Waals surface area (Å²) >= 11 is 0. The van der Waals surface area contributed by atoms with E-state index in [1.807, 2.05) is 4.90 Å². The second-order valence-electron chi connectivity index (χ2n) is 5.51. The highest BCUT2D eigenvalue weighted by atomic mass is 19.2. The summed E-state index contributed by atoms with van der Waals surface area (Å²) in [5.74, 6) is -4.09. The van der Waals surface area contributed by atoms with Crippen molar-refractivity contribution < 1.29 is 22.4 Å². The molecule has 1 saturated heterocycles. The lowest BCUT2D eigenvalue weighted by atomic mass is 10.1. The SMILES string of the molecule is Cc1nnc(CN2CCN(C(=O)c3ccc(F)c(F)c3F)CC2)o1. The van der Waals surface area contributed by atoms with E-state index in [1.165, 1.54) is 4.90 Å². The Morgan fingerprint density at radius 3 is 2.46 bits per heavy atom. The molecular weight excluding hydrogens is 325 g/mol. The average molecular weight is 340 g/mol. The molecule has 1 aliphatic rings. The van der Waals surface area contributed by atoms with E-state index >= 15 is 0 Å². The molecule has 6 nitrogen and oxygen atoms in total. The molecule has 0 atom stereocenters. The zero-order chi connectivity index (χ0) is 17.3. The third-order valence-electron chi connectivity index (χ3n) is 3.85. The third kappa shape index (κ3) is 3.25. The molecule has 128 valence electrons. The van der Waals surface area contributed by atoms with Crippen LogP contribution in [0.1, 0.15) is 22.1 Å². The average Bonchev–Trinajstić information content (AvgIpc) is 2.98. The fourth-order valence-corrected chi connectivity index (χ4v) is 2.56. The maximum Gasteiger partial charge on any atom is 0.257 e. The second-order valence-corrected chi connectivity index (χ2v) is 5.51. The normalized spacial score (nSPS) is 15.8. The first-order valence-electron chi connectivity index (χ1n) is 7.40. The Labute approximate surface area is 135 Å². The number of aryl methyl sites for hydroxylation is 1. The van der Waals surface area contributed by atoms with Gasteiger partial charge in [-0.1, -0.05) is 0 Å². The lowest BCUT2D eigenvalue weighted by molar-refractivity contribution is 0.0612. The van der Waals surface area contributed by atoms with Crippen LogP contribution in [0.2, 0.25) is 0 Å². The van der Waals surface area contributed by atoms with E-state index in [9.17, 15) is 18.0 Å². The van der Waals surface area contributed by atoms with Crippen LogP contribution in [0.5, 0.6) is 0 Å². The summed E-state index contributed by atoms with van der Waals surface area (Å²) in [5, 5.41) is 7.65. The number of rotatable bonds is 3. The summed E-state index contributed by atoms with van der Waals surface area (Å²) < 4.78 is 45.3. The van der Waals surface area contributed by atoms with Gasteiger partial charge < -0.3 is 9.32 Å². The zero-order valence-corrected chi connectivity index (χ0v) is 12.9. The molecular formula is C15H15F3N4O2. The summed E-state index contributed by atoms with van der Waals surface area (Å²) in [4.78, 5) is 15.7. The van der Waals surface area contributed by atoms with E-state index in [1.54, 1.807) is 6.92 Å². The van der Waals surface area contributed by atoms with E-state index in [0.29, 0.717) is 44.5 Å². The Hall–Kier alpha value is -2.42. The smallest absolute Gasteiger partial charge is 0.257 e. The van der Waals surface area contributed by atoms with Gasteiger partial charge in [-0.05, 0) is 12.1 Å². The van der Waals surface area contributed by atoms with Gasteiger partial charge in [0.2, 0.25) is 11.8 Å². The van der Waals surface area contributed by atoms with Crippen molar-refractivity contribution >= 4 is 5.91 Å². The van der Waals surface area contributed by atoms with Crippen molar-refractivity contribution in [1.82, 2.24) is 20.0 Å². The molecule has 1 aromatic carbocycles. The number of benzene rings is 1. The van der Waals surface area contributed by atoms with Crippen molar-refractivity contribution in [3.8, 4) is 0 Å². The highest BCUT2D eigenvalue weighted by molar-refractivity contribution is 5.94. The number of carbonyl (C=O) groups excluding carboxylic acids is 1. The van der Waals surface area contributed by atoms with Crippen LogP contribution in [0.4, 0.5) is 13.2 Å². The van der Waals surface area contributed by atoms with Crippen molar-refractivity contribution in [3.63, 3.8) is 0 Å². The van der Waals surface area contributed by atoms with Gasteiger partial charge in [-0.3, -0.25) is 9.69 Å². The summed E-state index contributed by atoms with van der Waals surface area (Å²) in [6.45, 7) is 3.89. The first kappa shape index (κ1) is 16.4. The van der Waals surface area contributed by atoms with Crippen LogP contribution in [0.3, 0.4) is 0 Å². The second kappa shape index (κ2) is 6.60. The minimum Gasteiger partial charge on any atom is -0.424 e. The monoisotopic (exact) mass is 340 g/mol. The molecule has 0 saturated carbocycles. The summed E-state index contributed by atoms with van der Waals surface area (Å²) in [6, 6.07) is 1.71. The number of amides is 1. The summed E-state index contributed by atoms with van der Waals surface area (Å²) in [5.41, 5.74) is -0.463. The van der Waals surface area contributed by atoms with Gasteiger partial charge in [0.15, 0.2) is 17.5 Å². The zero-order valence-electron chi connectivity index (χ0n) is 12.9. The molecule has 0 bridgehead atoms. The minimum absolute atomic E-state index is 0.338. The van der Waals surface area contributed by atoms with E-state index in [0.717, 1.165) is 12.1 Å². The van der Waals surface area contributed by atoms with Crippen molar-refractivity contribution in [3.05, 3.63) is 46.9 Å². The number of hydrogen-bond acceptors (Lipinski definition) is 5. The van der Waals surface area contributed by atoms with E-state index in [4.69, 9.17) is 4.42 Å². The Balaban J connectivity index is 1.62. The Morgan fingerprint density at radius 2 is 1.83 bits per heavy atom. The quantitative estimate of drug-likeness (QED) is 0.797. The van der Waals surface area contributed by atoms with Crippen LogP contribution in [0.15, 0.2) is 16.5 Å². The molecule has 0 radical (unpaired) electrons. The van der Waals surface area contributed by atoms with Crippen LogP contribution in [-0.4, -0.2) is 52.1 Å². The largest absolute Gasteiger partial charge is 0.424 e. The standard InChI is InChI=1S/C15H15F3N4O2/c1-9-19-20-12(24-9)8-21-4-6-22(7-5-21)15(23)10-2-3-11(16)14(18)13(10)17/h2-3H,4-8H2,1H3. The molecule has 3 rings (SSSR count). The lowest BCUT2D eigenvalue weighted by Crippen LogP contribution is -2.48. The molecule has 0 unspecified atom stereocenters. The summed E-state index contributed by atoms with van der Waals surface area (Å²) in [7, 11) is 0. The molecule has 1 fully saturated rings. The highest BCUT2D eigenvalue weighted by Crippen LogP contribution is 2.18. The number of piperazine rings is 1. The number of aromatic nitrogens is 2. The number of nitrogens with zero attached hydrogens (tertiary/aromatic N) is 4. The van der Waals surface area contributed by atoms with Crippen molar-refractivity contribution in [1.29, 1.82) is 0 Å². The van der Waals surface area contributed by atoms with E-state index < -0.39 is 28.9 Å². The fourth-order valence-electron chi connectivity index (χ4n) is 2.56. The van der Waals surface area contributed by atoms with Gasteiger partial charge in [0, 0.05) is 33.1 Å². The van der Waals surface area contributed by atoms with Crippen LogP contribution >= 0.6 is 0 Å². The topological polar surface area (TPSA) is 62.5 Å². The van der Waals surface area contributed by atoms with E-state index in [-0.39, 0.29) is 0 Å². The predicted molar refractivity (Wildman–Crippen MR) is 76.5 cm³/mol. The van der Waals surface area contributed by atoms with Crippen LogP contribution < -0.4 is 0 Å². The van der Waals surface area contributed by atoms with Crippen molar-refractivity contribution in [2.45, 2.75) is 13.5 Å². The molecule has 0 spiro atoms. The Morgan fingerprint density at radius 1 is 1.12 bits per heavy atom. The van der Waals surface area contributed by atoms with Gasteiger partial charge in [-0.25, -0.2) is 13.2 Å². The maximum absolute atomic E-state index is 13.7. The Bertz CT molecular complexity index is 757. The number of carbonyl (C=O) groups is 1. The number of halogens is 3. The van der Waals surface area contributed by atoms with Crippen molar-refractivity contribution in [2.24, 2.45) is 0 Å². The predicted octanol–water partition coefficient (Wildman–Crippen LogP) is 1.75. The molecule has 1 aliphatic heterocycles. The Kier molecular flexibility index (Phi) is 4.52. The summed E-state index contributed by atoms with van der Waals surface area (Å²) in [6.07, 6.45) is 0. The number of hydrogen-bond donors (Lipinski definition) is 0. The van der Waals surface area contributed by atoms with Crippen LogP contribution in [0, 0.1) is 24.4 Å². The first-order valence-corrected chi connectivity index (χ1v) is 7.40. The molecule has 1 aromatic heterocycles. The minimum atomic E-state index is -1.63. The van der Waals surface area contributed by atoms with Crippen molar-refractivity contribution in [2.75, 3.05) is 26.2 Å². The fraction of sp³-hybridized carbons (Fsp3) is 0.400. The molecule has 1 amide bonds. The maximum atomic E-state index is 13.7. The van der Waals surface area contributed by atoms with Gasteiger partial charge in [-0.2, -0.15) is 0 Å². The highest BCUT2D eigenvalue weighted by Gasteiger charge is 2.26. The van der Waals surface area contributed by atoms with Gasteiger partial charge >= 0.3 is 0 Å². The van der Waals surface area contributed by atoms with E-state index in [2.05, 4.69) is 10.2 Å². The molecule has 0 N–H and O–H groups in total. The molecule has 0 aliphatic carbocycles. The molecule has 9 heteroatoms.